The van der Waals surface area contributed by atoms with Gasteiger partial charge in [0.25, 0.3) is 6.29 Å². The number of nitrogens with one attached hydrogen (secondary N) is 1. The Morgan fingerprint density at radius 1 is 1.13 bits per heavy atom. The summed E-state index contributed by atoms with van der Waals surface area (Å²) in [6.45, 7) is 1.71. The number of likely N-dealkylation sites (N-methyl/N-ethyl adjacent to an activating group) is 1. The molecule has 0 bridgehead atoms. The fourth-order valence-electron chi connectivity index (χ4n) is 2.93. The van der Waals surface area contributed by atoms with Crippen LogP contribution in [0.4, 0.5) is 18.0 Å². The number of rotatable bonds is 7. The lowest BCUT2D eigenvalue weighted by molar-refractivity contribution is -0.247. The average molecular weight is 424 g/mol. The van der Waals surface area contributed by atoms with Gasteiger partial charge in [0.15, 0.2) is 11.5 Å². The molecule has 1 aliphatic heterocycles. The van der Waals surface area contributed by atoms with Crippen molar-refractivity contribution in [3.8, 4) is 11.5 Å². The number of amides is 1. The van der Waals surface area contributed by atoms with Crippen LogP contribution in [0, 0.1) is 0 Å². The van der Waals surface area contributed by atoms with Crippen molar-refractivity contribution in [2.45, 2.75) is 38.6 Å². The quantitative estimate of drug-likeness (QED) is 0.679. The second-order valence-electron chi connectivity index (χ2n) is 7.02. The highest BCUT2D eigenvalue weighted by Gasteiger charge is 2.37. The molecule has 1 aliphatic rings. The maximum absolute atomic E-state index is 12.8. The number of alkyl carbamates (subject to hydrolysis) is 1. The average Bonchev–Trinajstić information content (AvgIpc) is 3.12. The molecule has 162 valence electrons. The largest absolute Gasteiger partial charge is 0.459 e. The molecule has 0 aliphatic carbocycles. The monoisotopic (exact) mass is 424 g/mol. The lowest BCUT2D eigenvalue weighted by Crippen LogP contribution is -2.42. The Labute approximate surface area is 172 Å². The maximum Gasteiger partial charge on any atom is 0.459 e. The molecular formula is C21H23F3N2O4. The molecule has 2 atom stereocenters. The molecule has 0 aromatic heterocycles. The van der Waals surface area contributed by atoms with Crippen LogP contribution in [0.25, 0.3) is 0 Å². The van der Waals surface area contributed by atoms with Crippen molar-refractivity contribution < 1.29 is 32.2 Å². The van der Waals surface area contributed by atoms with Crippen LogP contribution in [-0.2, 0) is 17.8 Å². The van der Waals surface area contributed by atoms with Gasteiger partial charge < -0.3 is 19.5 Å². The lowest BCUT2D eigenvalue weighted by atomic mass is 10.1. The number of halogens is 3. The molecule has 2 unspecified atom stereocenters. The van der Waals surface area contributed by atoms with Gasteiger partial charge in [-0.2, -0.15) is 13.2 Å². The van der Waals surface area contributed by atoms with Gasteiger partial charge in [0.1, 0.15) is 6.61 Å². The second-order valence-corrected chi connectivity index (χ2v) is 7.02. The van der Waals surface area contributed by atoms with Gasteiger partial charge in [0.2, 0.25) is 0 Å². The van der Waals surface area contributed by atoms with Gasteiger partial charge in [-0.1, -0.05) is 36.4 Å². The van der Waals surface area contributed by atoms with E-state index in [1.165, 1.54) is 6.92 Å². The molecule has 0 spiro atoms. The molecule has 0 radical (unpaired) electrons. The Hall–Kier alpha value is -2.94. The van der Waals surface area contributed by atoms with E-state index < -0.39 is 24.7 Å². The number of benzene rings is 2. The summed E-state index contributed by atoms with van der Waals surface area (Å²) in [5, 5.41) is 2.57. The molecule has 3 rings (SSSR count). The van der Waals surface area contributed by atoms with Crippen LogP contribution >= 0.6 is 0 Å². The minimum Gasteiger partial charge on any atom is -0.449 e. The van der Waals surface area contributed by atoms with E-state index in [1.54, 1.807) is 18.2 Å². The lowest BCUT2D eigenvalue weighted by Gasteiger charge is -2.26. The zero-order valence-electron chi connectivity index (χ0n) is 16.6. The number of fused-ring (bicyclic) bond motifs is 1. The van der Waals surface area contributed by atoms with Gasteiger partial charge in [-0.25, -0.2) is 9.69 Å². The summed E-state index contributed by atoms with van der Waals surface area (Å²) in [5.74, 6) is 0.902. The van der Waals surface area contributed by atoms with Gasteiger partial charge in [0.05, 0.1) is 6.54 Å². The zero-order valence-corrected chi connectivity index (χ0v) is 16.6. The zero-order chi connectivity index (χ0) is 21.7. The number of alkyl halides is 3. The molecule has 0 saturated heterocycles. The predicted octanol–water partition coefficient (Wildman–Crippen LogP) is 4.09. The van der Waals surface area contributed by atoms with Crippen LogP contribution in [0.5, 0.6) is 11.5 Å². The van der Waals surface area contributed by atoms with Gasteiger partial charge in [-0.05, 0) is 43.7 Å². The summed E-state index contributed by atoms with van der Waals surface area (Å²) < 4.78 is 54.8. The highest BCUT2D eigenvalue weighted by Crippen LogP contribution is 2.36. The second kappa shape index (κ2) is 9.25. The van der Waals surface area contributed by atoms with Crippen LogP contribution < -0.4 is 14.8 Å². The molecule has 1 heterocycles. The van der Waals surface area contributed by atoms with Crippen LogP contribution in [0.2, 0.25) is 0 Å². The Morgan fingerprint density at radius 3 is 2.53 bits per heavy atom. The Bertz CT molecular complexity index is 861. The first-order valence-corrected chi connectivity index (χ1v) is 9.43. The van der Waals surface area contributed by atoms with Crippen LogP contribution in [0.3, 0.4) is 0 Å². The smallest absolute Gasteiger partial charge is 0.449 e. The molecule has 1 N–H and O–H groups in total. The van der Waals surface area contributed by atoms with E-state index >= 15 is 0 Å². The number of hydrogen-bond acceptors (Lipinski definition) is 5. The summed E-state index contributed by atoms with van der Waals surface area (Å²) in [6.07, 6.45) is -5.54. The molecule has 9 heteroatoms. The minimum atomic E-state index is -4.39. The van der Waals surface area contributed by atoms with E-state index in [9.17, 15) is 18.0 Å². The van der Waals surface area contributed by atoms with E-state index in [1.807, 2.05) is 30.3 Å². The summed E-state index contributed by atoms with van der Waals surface area (Å²) >= 11 is 0. The molecule has 2 aromatic carbocycles. The van der Waals surface area contributed by atoms with Crippen molar-refractivity contribution in [3.63, 3.8) is 0 Å². The van der Waals surface area contributed by atoms with E-state index in [2.05, 4.69) is 5.32 Å². The van der Waals surface area contributed by atoms with E-state index in [0.29, 0.717) is 22.0 Å². The van der Waals surface area contributed by atoms with Gasteiger partial charge >= 0.3 is 12.4 Å². The summed E-state index contributed by atoms with van der Waals surface area (Å²) in [5.41, 5.74) is 1.56. The van der Waals surface area contributed by atoms with Crippen molar-refractivity contribution >= 4 is 6.09 Å². The van der Waals surface area contributed by atoms with Gasteiger partial charge in [0, 0.05) is 6.04 Å². The normalized spacial score (nSPS) is 16.4. The van der Waals surface area contributed by atoms with Crippen molar-refractivity contribution in [3.05, 3.63) is 59.7 Å². The Morgan fingerprint density at radius 2 is 1.83 bits per heavy atom. The SMILES string of the molecule is CC(Cc1ccc2c(c1)OC(CNC(=O)OCc1ccccc1)O2)N(C)C(F)(F)F. The van der Waals surface area contributed by atoms with Crippen molar-refractivity contribution in [1.82, 2.24) is 10.2 Å². The molecule has 30 heavy (non-hydrogen) atoms. The summed E-state index contributed by atoms with van der Waals surface area (Å²) in [7, 11) is 1.02. The molecular weight excluding hydrogens is 401 g/mol. The number of carbonyl (C=O) groups is 1. The molecule has 2 aromatic rings. The Balaban J connectivity index is 1.46. The third kappa shape index (κ3) is 5.79. The van der Waals surface area contributed by atoms with Crippen molar-refractivity contribution in [1.29, 1.82) is 0 Å². The van der Waals surface area contributed by atoms with E-state index in [-0.39, 0.29) is 19.6 Å². The Kier molecular flexibility index (Phi) is 6.71. The van der Waals surface area contributed by atoms with Crippen LogP contribution in [0.1, 0.15) is 18.1 Å². The first-order chi connectivity index (χ1) is 14.2. The fraction of sp³-hybridized carbons (Fsp3) is 0.381. The number of nitrogens with zero attached hydrogens (tertiary/aromatic N) is 1. The molecule has 0 saturated carbocycles. The highest BCUT2D eigenvalue weighted by atomic mass is 19.4. The van der Waals surface area contributed by atoms with Gasteiger partial charge in [-0.3, -0.25) is 0 Å². The highest BCUT2D eigenvalue weighted by molar-refractivity contribution is 5.67. The molecule has 6 nitrogen and oxygen atoms in total. The standard InChI is InChI=1S/C21H23F3N2O4/c1-14(26(2)21(22,23)24)10-16-8-9-17-18(11-16)30-19(29-17)12-25-20(27)28-13-15-6-4-3-5-7-15/h3-9,11,14,19H,10,12-13H2,1-2H3,(H,25,27). The van der Waals surface area contributed by atoms with Gasteiger partial charge in [-0.15, -0.1) is 0 Å². The third-order valence-corrected chi connectivity index (χ3v) is 4.74. The van der Waals surface area contributed by atoms with Crippen LogP contribution in [0.15, 0.2) is 48.5 Å². The van der Waals surface area contributed by atoms with Crippen molar-refractivity contribution in [2.24, 2.45) is 0 Å². The maximum atomic E-state index is 12.8. The first kappa shape index (κ1) is 21.8. The number of hydrogen-bond donors (Lipinski definition) is 1. The first-order valence-electron chi connectivity index (χ1n) is 9.43. The number of carbonyl (C=O) groups excluding carboxylic acids is 1. The minimum absolute atomic E-state index is 0.0604. The summed E-state index contributed by atoms with van der Waals surface area (Å²) in [4.78, 5) is 12.2. The fourth-order valence-corrected chi connectivity index (χ4v) is 2.93. The topological polar surface area (TPSA) is 60.0 Å². The van der Waals surface area contributed by atoms with E-state index in [4.69, 9.17) is 14.2 Å². The summed E-state index contributed by atoms with van der Waals surface area (Å²) in [6, 6.07) is 13.5. The number of ether oxygens (including phenoxy) is 3. The third-order valence-electron chi connectivity index (χ3n) is 4.74. The predicted molar refractivity (Wildman–Crippen MR) is 103 cm³/mol. The molecule has 1 amide bonds. The van der Waals surface area contributed by atoms with Crippen LogP contribution in [-0.4, -0.2) is 43.2 Å². The van der Waals surface area contributed by atoms with E-state index in [0.717, 1.165) is 12.6 Å². The van der Waals surface area contributed by atoms with Crippen molar-refractivity contribution in [2.75, 3.05) is 13.6 Å². The molecule has 0 fully saturated rings.